The average Bonchev–Trinajstić information content (AvgIpc) is 2.08. The van der Waals surface area contributed by atoms with Gasteiger partial charge in [-0.25, -0.2) is 0 Å². The summed E-state index contributed by atoms with van der Waals surface area (Å²) in [6.45, 7) is 0. The standard InChI is InChI=1S/C6H5N3O5.Na/c7-6-4(9(13)14)1-3(8(11)12)2-5(6)10;/h1-2,10H,7H2;/q;+1/p-1. The second-order valence-corrected chi connectivity index (χ2v) is 2.39. The van der Waals surface area contributed by atoms with Crippen LogP contribution >= 0.6 is 0 Å². The molecule has 1 aromatic rings. The van der Waals surface area contributed by atoms with Gasteiger partial charge in [0.2, 0.25) is 0 Å². The van der Waals surface area contributed by atoms with Crippen molar-refractivity contribution >= 4 is 17.1 Å². The molecule has 0 spiro atoms. The van der Waals surface area contributed by atoms with Crippen LogP contribution in [0, 0.1) is 20.2 Å². The first-order valence-corrected chi connectivity index (χ1v) is 3.33. The van der Waals surface area contributed by atoms with Gasteiger partial charge in [-0.3, -0.25) is 20.2 Å². The van der Waals surface area contributed by atoms with E-state index < -0.39 is 32.7 Å². The number of rotatable bonds is 2. The van der Waals surface area contributed by atoms with Gasteiger partial charge in [0, 0.05) is 6.07 Å². The number of nitro benzene ring substituents is 2. The monoisotopic (exact) mass is 221 g/mol. The van der Waals surface area contributed by atoms with E-state index in [9.17, 15) is 25.3 Å². The molecule has 0 bridgehead atoms. The number of nitrogens with zero attached hydrogens (tertiary/aromatic N) is 2. The van der Waals surface area contributed by atoms with E-state index >= 15 is 0 Å². The molecule has 1 rings (SSSR count). The summed E-state index contributed by atoms with van der Waals surface area (Å²) in [7, 11) is 0. The van der Waals surface area contributed by atoms with Crippen LogP contribution in [-0.4, -0.2) is 9.85 Å². The maximum Gasteiger partial charge on any atom is 1.00 e. The predicted molar refractivity (Wildman–Crippen MR) is 43.6 cm³/mol. The van der Waals surface area contributed by atoms with Crippen LogP contribution in [0.1, 0.15) is 0 Å². The molecule has 0 atom stereocenters. The van der Waals surface area contributed by atoms with E-state index in [4.69, 9.17) is 5.73 Å². The zero-order chi connectivity index (χ0) is 10.9. The minimum atomic E-state index is -0.941. The Morgan fingerprint density at radius 1 is 1.13 bits per heavy atom. The topological polar surface area (TPSA) is 135 Å². The van der Waals surface area contributed by atoms with Gasteiger partial charge in [0.05, 0.1) is 15.9 Å². The molecule has 0 amide bonds. The molecule has 15 heavy (non-hydrogen) atoms. The van der Waals surface area contributed by atoms with Crippen molar-refractivity contribution in [3.63, 3.8) is 0 Å². The van der Waals surface area contributed by atoms with Gasteiger partial charge in [0.25, 0.3) is 11.4 Å². The Kier molecular flexibility index (Phi) is 4.46. The van der Waals surface area contributed by atoms with Crippen molar-refractivity contribution in [1.29, 1.82) is 0 Å². The normalized spacial score (nSPS) is 9.07. The second kappa shape index (κ2) is 4.91. The number of hydrogen-bond acceptors (Lipinski definition) is 6. The number of anilines is 1. The van der Waals surface area contributed by atoms with E-state index in [1.54, 1.807) is 0 Å². The Morgan fingerprint density at radius 3 is 2.07 bits per heavy atom. The van der Waals surface area contributed by atoms with Crippen LogP contribution in [-0.2, 0) is 0 Å². The third-order valence-corrected chi connectivity index (χ3v) is 1.51. The Labute approximate surface area is 105 Å². The van der Waals surface area contributed by atoms with E-state index in [-0.39, 0.29) is 29.6 Å². The maximum atomic E-state index is 10.9. The van der Waals surface area contributed by atoms with Gasteiger partial charge < -0.3 is 10.8 Å². The van der Waals surface area contributed by atoms with E-state index in [0.29, 0.717) is 12.1 Å². The SMILES string of the molecule is Nc1c([O-])cc([N+](=O)[O-])cc1[N+](=O)[O-].[Na+]. The number of nitrogen functional groups attached to an aromatic ring is 1. The summed E-state index contributed by atoms with van der Waals surface area (Å²) in [5.41, 5.74) is 3.09. The third-order valence-electron chi connectivity index (χ3n) is 1.51. The Morgan fingerprint density at radius 2 is 1.67 bits per heavy atom. The van der Waals surface area contributed by atoms with Gasteiger partial charge >= 0.3 is 29.6 Å². The van der Waals surface area contributed by atoms with Crippen molar-refractivity contribution in [2.45, 2.75) is 0 Å². The molecule has 0 aliphatic heterocycles. The van der Waals surface area contributed by atoms with Crippen LogP contribution in [0.3, 0.4) is 0 Å². The number of non-ortho nitro benzene ring substituents is 1. The van der Waals surface area contributed by atoms with Gasteiger partial charge in [0.1, 0.15) is 5.69 Å². The Bertz CT molecular complexity index is 421. The molecule has 0 aromatic heterocycles. The largest absolute Gasteiger partial charge is 1.00 e. The first kappa shape index (κ1) is 13.6. The molecule has 0 saturated carbocycles. The molecule has 0 fully saturated rings. The fourth-order valence-corrected chi connectivity index (χ4v) is 0.854. The smallest absolute Gasteiger partial charge is 0.871 e. The molecule has 0 saturated heterocycles. The Balaban J connectivity index is 0.00000196. The molecule has 0 unspecified atom stereocenters. The molecule has 2 N–H and O–H groups in total. The van der Waals surface area contributed by atoms with E-state index in [0.717, 1.165) is 0 Å². The summed E-state index contributed by atoms with van der Waals surface area (Å²) in [4.78, 5) is 18.7. The van der Waals surface area contributed by atoms with Crippen LogP contribution in [0.4, 0.5) is 17.1 Å². The summed E-state index contributed by atoms with van der Waals surface area (Å²) < 4.78 is 0. The van der Waals surface area contributed by atoms with Crippen LogP contribution in [0.5, 0.6) is 5.75 Å². The van der Waals surface area contributed by atoms with Gasteiger partial charge in [-0.1, -0.05) is 5.75 Å². The third kappa shape index (κ3) is 2.78. The molecule has 9 heteroatoms. The van der Waals surface area contributed by atoms with E-state index in [1.165, 1.54) is 0 Å². The van der Waals surface area contributed by atoms with E-state index in [1.807, 2.05) is 0 Å². The van der Waals surface area contributed by atoms with Crippen LogP contribution < -0.4 is 40.4 Å². The van der Waals surface area contributed by atoms with Crippen LogP contribution in [0.15, 0.2) is 12.1 Å². The fraction of sp³-hybridized carbons (Fsp3) is 0. The van der Waals surface area contributed by atoms with Crippen molar-refractivity contribution in [2.24, 2.45) is 0 Å². The summed E-state index contributed by atoms with van der Waals surface area (Å²) in [6, 6.07) is 1.29. The number of nitro groups is 2. The molecule has 0 aliphatic carbocycles. The predicted octanol–water partition coefficient (Wildman–Crippen LogP) is -2.84. The molecule has 74 valence electrons. The molecule has 1 aromatic carbocycles. The van der Waals surface area contributed by atoms with Gasteiger partial charge in [-0.2, -0.15) is 0 Å². The molecular formula is C6H4N3NaO5. The summed E-state index contributed by atoms with van der Waals surface area (Å²) in [5, 5.41) is 31.5. The minimum Gasteiger partial charge on any atom is -0.871 e. The zero-order valence-electron chi connectivity index (χ0n) is 7.67. The fourth-order valence-electron chi connectivity index (χ4n) is 0.854. The summed E-state index contributed by atoms with van der Waals surface area (Å²) >= 11 is 0. The van der Waals surface area contributed by atoms with Crippen molar-refractivity contribution in [3.05, 3.63) is 32.4 Å². The molecule has 0 radical (unpaired) electrons. The molecule has 8 nitrogen and oxygen atoms in total. The first-order chi connectivity index (χ1) is 6.43. The first-order valence-electron chi connectivity index (χ1n) is 3.33. The van der Waals surface area contributed by atoms with Crippen molar-refractivity contribution < 1.29 is 44.5 Å². The number of nitrogens with two attached hydrogens (primary N) is 1. The second-order valence-electron chi connectivity index (χ2n) is 2.39. The molecule has 0 heterocycles. The summed E-state index contributed by atoms with van der Waals surface area (Å²) in [6.07, 6.45) is 0. The number of benzene rings is 1. The van der Waals surface area contributed by atoms with Crippen molar-refractivity contribution in [1.82, 2.24) is 0 Å². The maximum absolute atomic E-state index is 10.9. The van der Waals surface area contributed by atoms with E-state index in [2.05, 4.69) is 0 Å². The Hall–Kier alpha value is -1.38. The zero-order valence-corrected chi connectivity index (χ0v) is 9.67. The van der Waals surface area contributed by atoms with Crippen LogP contribution in [0.25, 0.3) is 0 Å². The molecule has 0 aliphatic rings. The quantitative estimate of drug-likeness (QED) is 0.247. The number of hydrogen-bond donors (Lipinski definition) is 1. The van der Waals surface area contributed by atoms with Gasteiger partial charge in [-0.05, 0) is 0 Å². The van der Waals surface area contributed by atoms with Crippen LogP contribution in [0.2, 0.25) is 0 Å². The van der Waals surface area contributed by atoms with Gasteiger partial charge in [0.15, 0.2) is 0 Å². The summed E-state index contributed by atoms with van der Waals surface area (Å²) in [5.74, 6) is -0.925. The van der Waals surface area contributed by atoms with Gasteiger partial charge in [-0.15, -0.1) is 0 Å². The molecular weight excluding hydrogens is 217 g/mol. The van der Waals surface area contributed by atoms with Crippen molar-refractivity contribution in [3.8, 4) is 5.75 Å². The van der Waals surface area contributed by atoms with Crippen molar-refractivity contribution in [2.75, 3.05) is 5.73 Å². The minimum absolute atomic E-state index is 0. The average molecular weight is 221 g/mol.